The summed E-state index contributed by atoms with van der Waals surface area (Å²) in [5.74, 6) is 0.0866. The molecule has 2 N–H and O–H groups in total. The van der Waals surface area contributed by atoms with Gasteiger partial charge in [-0.1, -0.05) is 28.1 Å². The number of aliphatic hydroxyl groups excluding tert-OH is 1. The molecule has 0 aromatic heterocycles. The molecule has 2 aliphatic rings. The molecule has 0 atom stereocenters. The molecule has 1 amide bonds. The standard InChI is InChI=1S/C15H18BrNO2/c16-12-4-2-11(3-5-12)15(8-9-15)13(19)17-14(10-18)6-1-7-14/h2-5,18H,1,6-10H2,(H,17,19). The monoisotopic (exact) mass is 323 g/mol. The van der Waals surface area contributed by atoms with E-state index in [4.69, 9.17) is 0 Å². The average molecular weight is 324 g/mol. The third-order valence-corrected chi connectivity index (χ3v) is 5.10. The molecule has 0 bridgehead atoms. The number of carbonyl (C=O) groups excluding carboxylic acids is 1. The largest absolute Gasteiger partial charge is 0.394 e. The fourth-order valence-corrected chi connectivity index (χ4v) is 3.09. The molecule has 19 heavy (non-hydrogen) atoms. The molecule has 0 heterocycles. The Morgan fingerprint density at radius 2 is 1.84 bits per heavy atom. The van der Waals surface area contributed by atoms with Crippen molar-refractivity contribution in [3.63, 3.8) is 0 Å². The Morgan fingerprint density at radius 1 is 1.21 bits per heavy atom. The average Bonchev–Trinajstić information content (AvgIpc) is 3.16. The Kier molecular flexibility index (Phi) is 3.18. The van der Waals surface area contributed by atoms with Gasteiger partial charge in [-0.15, -0.1) is 0 Å². The van der Waals surface area contributed by atoms with Crippen LogP contribution in [0.1, 0.15) is 37.7 Å². The number of benzene rings is 1. The molecule has 0 saturated heterocycles. The number of carbonyl (C=O) groups is 1. The maximum Gasteiger partial charge on any atom is 0.231 e. The zero-order chi connectivity index (χ0) is 13.5. The maximum absolute atomic E-state index is 12.5. The van der Waals surface area contributed by atoms with Crippen LogP contribution in [-0.4, -0.2) is 23.2 Å². The highest BCUT2D eigenvalue weighted by molar-refractivity contribution is 9.10. The van der Waals surface area contributed by atoms with E-state index in [-0.39, 0.29) is 23.5 Å². The van der Waals surface area contributed by atoms with Crippen molar-refractivity contribution in [3.8, 4) is 0 Å². The minimum atomic E-state index is -0.349. The van der Waals surface area contributed by atoms with Gasteiger partial charge in [0.15, 0.2) is 0 Å². The van der Waals surface area contributed by atoms with Gasteiger partial charge in [0, 0.05) is 4.47 Å². The summed E-state index contributed by atoms with van der Waals surface area (Å²) < 4.78 is 1.03. The van der Waals surface area contributed by atoms with Crippen molar-refractivity contribution in [2.45, 2.75) is 43.1 Å². The predicted molar refractivity (Wildman–Crippen MR) is 76.9 cm³/mol. The molecular formula is C15H18BrNO2. The van der Waals surface area contributed by atoms with Crippen LogP contribution in [0.5, 0.6) is 0 Å². The molecule has 2 fully saturated rings. The lowest BCUT2D eigenvalue weighted by molar-refractivity contribution is -0.127. The molecule has 2 aliphatic carbocycles. The molecule has 0 unspecified atom stereocenters. The molecule has 1 aromatic carbocycles. The Labute approximate surface area is 121 Å². The first-order valence-corrected chi connectivity index (χ1v) is 7.59. The maximum atomic E-state index is 12.5. The van der Waals surface area contributed by atoms with Crippen molar-refractivity contribution in [2.75, 3.05) is 6.61 Å². The van der Waals surface area contributed by atoms with E-state index in [0.29, 0.717) is 0 Å². The lowest BCUT2D eigenvalue weighted by Crippen LogP contribution is -2.58. The van der Waals surface area contributed by atoms with E-state index in [2.05, 4.69) is 21.2 Å². The topological polar surface area (TPSA) is 49.3 Å². The first-order chi connectivity index (χ1) is 9.10. The van der Waals surface area contributed by atoms with Crippen LogP contribution in [0.15, 0.2) is 28.7 Å². The zero-order valence-corrected chi connectivity index (χ0v) is 12.4. The second-order valence-corrected chi connectivity index (χ2v) is 6.75. The minimum absolute atomic E-state index is 0.0508. The van der Waals surface area contributed by atoms with Gasteiger partial charge in [0.05, 0.1) is 17.6 Å². The Balaban J connectivity index is 1.77. The van der Waals surface area contributed by atoms with E-state index < -0.39 is 0 Å². The van der Waals surface area contributed by atoms with Crippen LogP contribution in [0.2, 0.25) is 0 Å². The van der Waals surface area contributed by atoms with Gasteiger partial charge in [0.25, 0.3) is 0 Å². The van der Waals surface area contributed by atoms with E-state index in [1.807, 2.05) is 24.3 Å². The second-order valence-electron chi connectivity index (χ2n) is 5.84. The van der Waals surface area contributed by atoms with Crippen LogP contribution < -0.4 is 5.32 Å². The summed E-state index contributed by atoms with van der Waals surface area (Å²) in [6, 6.07) is 7.99. The van der Waals surface area contributed by atoms with Crippen LogP contribution in [0.25, 0.3) is 0 Å². The highest BCUT2D eigenvalue weighted by atomic mass is 79.9. The molecule has 2 saturated carbocycles. The van der Waals surface area contributed by atoms with Crippen LogP contribution in [0, 0.1) is 0 Å². The van der Waals surface area contributed by atoms with Crippen LogP contribution in [0.4, 0.5) is 0 Å². The molecule has 0 aliphatic heterocycles. The van der Waals surface area contributed by atoms with Gasteiger partial charge >= 0.3 is 0 Å². The fraction of sp³-hybridized carbons (Fsp3) is 0.533. The van der Waals surface area contributed by atoms with E-state index in [1.54, 1.807) is 0 Å². The predicted octanol–water partition coefficient (Wildman–Crippen LogP) is 2.51. The molecule has 3 rings (SSSR count). The van der Waals surface area contributed by atoms with Crippen molar-refractivity contribution in [1.29, 1.82) is 0 Å². The number of nitrogens with one attached hydrogen (secondary N) is 1. The molecule has 4 heteroatoms. The van der Waals surface area contributed by atoms with Gasteiger partial charge in [0.2, 0.25) is 5.91 Å². The normalized spacial score (nSPS) is 22.4. The number of hydrogen-bond acceptors (Lipinski definition) is 2. The van der Waals surface area contributed by atoms with Gasteiger partial charge in [-0.2, -0.15) is 0 Å². The lowest BCUT2D eigenvalue weighted by atomic mass is 9.76. The van der Waals surface area contributed by atoms with E-state index >= 15 is 0 Å². The van der Waals surface area contributed by atoms with Crippen LogP contribution in [-0.2, 0) is 10.2 Å². The highest BCUT2D eigenvalue weighted by Crippen LogP contribution is 2.49. The second kappa shape index (κ2) is 4.60. The minimum Gasteiger partial charge on any atom is -0.394 e. The summed E-state index contributed by atoms with van der Waals surface area (Å²) in [6.45, 7) is 0.0508. The summed E-state index contributed by atoms with van der Waals surface area (Å²) in [4.78, 5) is 12.5. The van der Waals surface area contributed by atoms with Crippen molar-refractivity contribution in [3.05, 3.63) is 34.3 Å². The smallest absolute Gasteiger partial charge is 0.231 e. The van der Waals surface area contributed by atoms with E-state index in [1.165, 1.54) is 0 Å². The highest BCUT2D eigenvalue weighted by Gasteiger charge is 2.53. The quantitative estimate of drug-likeness (QED) is 0.894. The van der Waals surface area contributed by atoms with Gasteiger partial charge in [0.1, 0.15) is 0 Å². The molecular weight excluding hydrogens is 306 g/mol. The molecule has 0 radical (unpaired) electrons. The van der Waals surface area contributed by atoms with Gasteiger partial charge in [-0.3, -0.25) is 4.79 Å². The molecule has 1 aromatic rings. The third kappa shape index (κ3) is 2.21. The SMILES string of the molecule is O=C(NC1(CO)CCC1)C1(c2ccc(Br)cc2)CC1. The summed E-state index contributed by atoms with van der Waals surface area (Å²) in [5.41, 5.74) is 0.390. The van der Waals surface area contributed by atoms with Crippen LogP contribution >= 0.6 is 15.9 Å². The molecule has 3 nitrogen and oxygen atoms in total. The van der Waals surface area contributed by atoms with Crippen molar-refractivity contribution in [2.24, 2.45) is 0 Å². The van der Waals surface area contributed by atoms with E-state index in [9.17, 15) is 9.90 Å². The number of halogens is 1. The molecule has 102 valence electrons. The fourth-order valence-electron chi connectivity index (χ4n) is 2.83. The first-order valence-electron chi connectivity index (χ1n) is 6.80. The zero-order valence-electron chi connectivity index (χ0n) is 10.8. The summed E-state index contributed by atoms with van der Waals surface area (Å²) >= 11 is 3.42. The Morgan fingerprint density at radius 3 is 2.26 bits per heavy atom. The number of amides is 1. The van der Waals surface area contributed by atoms with Gasteiger partial charge < -0.3 is 10.4 Å². The first kappa shape index (κ1) is 13.1. The Hall–Kier alpha value is -0.870. The van der Waals surface area contributed by atoms with Crippen LogP contribution in [0.3, 0.4) is 0 Å². The van der Waals surface area contributed by atoms with Crippen molar-refractivity contribution in [1.82, 2.24) is 5.32 Å². The lowest BCUT2D eigenvalue weighted by Gasteiger charge is -2.42. The summed E-state index contributed by atoms with van der Waals surface area (Å²) in [6.07, 6.45) is 4.69. The Bertz CT molecular complexity index is 484. The number of aliphatic hydroxyl groups is 1. The van der Waals surface area contributed by atoms with Gasteiger partial charge in [-0.25, -0.2) is 0 Å². The van der Waals surface area contributed by atoms with E-state index in [0.717, 1.165) is 42.1 Å². The van der Waals surface area contributed by atoms with Gasteiger partial charge in [-0.05, 0) is 49.8 Å². The summed E-state index contributed by atoms with van der Waals surface area (Å²) in [5, 5.41) is 12.6. The molecule has 0 spiro atoms. The number of rotatable bonds is 4. The van der Waals surface area contributed by atoms with Crippen molar-refractivity contribution < 1.29 is 9.90 Å². The van der Waals surface area contributed by atoms with Crippen molar-refractivity contribution >= 4 is 21.8 Å². The number of hydrogen-bond donors (Lipinski definition) is 2. The third-order valence-electron chi connectivity index (χ3n) is 4.57. The summed E-state index contributed by atoms with van der Waals surface area (Å²) in [7, 11) is 0.